The van der Waals surface area contributed by atoms with E-state index in [0.29, 0.717) is 12.2 Å². The van der Waals surface area contributed by atoms with Crippen molar-refractivity contribution in [1.82, 2.24) is 15.5 Å². The third kappa shape index (κ3) is 4.40. The predicted octanol–water partition coefficient (Wildman–Crippen LogP) is 3.00. The second kappa shape index (κ2) is 7.72. The second-order valence-electron chi connectivity index (χ2n) is 5.63. The molecule has 5 nitrogen and oxygen atoms in total. The Morgan fingerprint density at radius 1 is 1.04 bits per heavy atom. The highest BCUT2D eigenvalue weighted by atomic mass is 127. The van der Waals surface area contributed by atoms with Gasteiger partial charge in [-0.1, -0.05) is 12.1 Å². The highest BCUT2D eigenvalue weighted by molar-refractivity contribution is 14.1. The fourth-order valence-corrected chi connectivity index (χ4v) is 2.97. The summed E-state index contributed by atoms with van der Waals surface area (Å²) in [4.78, 5) is 14.4. The summed E-state index contributed by atoms with van der Waals surface area (Å²) in [6, 6.07) is 11.7. The number of carbonyl (C=O) groups excluding carboxylic acids is 1. The van der Waals surface area contributed by atoms with Crippen molar-refractivity contribution in [3.63, 3.8) is 0 Å². The van der Waals surface area contributed by atoms with E-state index in [0.717, 1.165) is 24.5 Å². The van der Waals surface area contributed by atoms with Crippen LogP contribution in [0, 0.1) is 3.57 Å². The minimum absolute atomic E-state index is 0.193. The van der Waals surface area contributed by atoms with Crippen molar-refractivity contribution in [3.05, 3.63) is 51.2 Å². The van der Waals surface area contributed by atoms with Crippen LogP contribution in [-0.4, -0.2) is 29.2 Å². The highest BCUT2D eigenvalue weighted by Crippen LogP contribution is 2.16. The number of benzene rings is 1. The van der Waals surface area contributed by atoms with Crippen LogP contribution in [0.5, 0.6) is 0 Å². The Bertz CT molecular complexity index is 651. The average Bonchev–Trinajstić information content (AvgIpc) is 2.62. The van der Waals surface area contributed by atoms with E-state index in [1.807, 2.05) is 30.3 Å². The molecule has 1 saturated heterocycles. The summed E-state index contributed by atoms with van der Waals surface area (Å²) in [5.41, 5.74) is 1.42. The number of anilines is 1. The number of halogens is 1. The smallest absolute Gasteiger partial charge is 0.272 e. The number of carbonyl (C=O) groups is 1. The molecule has 1 amide bonds. The maximum Gasteiger partial charge on any atom is 0.272 e. The standard InChI is InChI=1S/C17H19IN4O/c18-14-6-4-13(5-7-14)12-19-17(23)15-8-9-16(21-20-15)22-10-2-1-3-11-22/h4-9H,1-3,10-12H2,(H,19,23). The molecule has 0 aliphatic carbocycles. The Morgan fingerprint density at radius 2 is 1.78 bits per heavy atom. The van der Waals surface area contributed by atoms with E-state index in [-0.39, 0.29) is 5.91 Å². The quantitative estimate of drug-likeness (QED) is 0.770. The van der Waals surface area contributed by atoms with Gasteiger partial charge in [-0.15, -0.1) is 10.2 Å². The molecule has 1 aliphatic rings. The molecule has 1 aromatic heterocycles. The molecule has 0 radical (unpaired) electrons. The summed E-state index contributed by atoms with van der Waals surface area (Å²) < 4.78 is 1.18. The zero-order valence-corrected chi connectivity index (χ0v) is 15.0. The Morgan fingerprint density at radius 3 is 2.43 bits per heavy atom. The van der Waals surface area contributed by atoms with Gasteiger partial charge >= 0.3 is 0 Å². The van der Waals surface area contributed by atoms with Gasteiger partial charge in [0.1, 0.15) is 0 Å². The first-order chi connectivity index (χ1) is 11.2. The van der Waals surface area contributed by atoms with Crippen LogP contribution in [0.2, 0.25) is 0 Å². The van der Waals surface area contributed by atoms with Gasteiger partial charge in [0.15, 0.2) is 11.5 Å². The number of hydrogen-bond donors (Lipinski definition) is 1. The lowest BCUT2D eigenvalue weighted by Gasteiger charge is -2.27. The Kier molecular flexibility index (Phi) is 5.43. The monoisotopic (exact) mass is 422 g/mol. The largest absolute Gasteiger partial charge is 0.355 e. The SMILES string of the molecule is O=C(NCc1ccc(I)cc1)c1ccc(N2CCCCC2)nn1. The molecule has 0 unspecified atom stereocenters. The molecular formula is C17H19IN4O. The van der Waals surface area contributed by atoms with Crippen LogP contribution >= 0.6 is 22.6 Å². The van der Waals surface area contributed by atoms with E-state index in [9.17, 15) is 4.79 Å². The zero-order valence-electron chi connectivity index (χ0n) is 12.8. The number of amides is 1. The van der Waals surface area contributed by atoms with E-state index in [2.05, 4.69) is 43.0 Å². The third-order valence-electron chi connectivity index (χ3n) is 3.93. The first-order valence-electron chi connectivity index (χ1n) is 7.84. The molecule has 1 N–H and O–H groups in total. The lowest BCUT2D eigenvalue weighted by Crippen LogP contribution is -2.31. The van der Waals surface area contributed by atoms with Crippen molar-refractivity contribution >= 4 is 34.3 Å². The van der Waals surface area contributed by atoms with Crippen LogP contribution in [0.3, 0.4) is 0 Å². The molecule has 1 aliphatic heterocycles. The summed E-state index contributed by atoms with van der Waals surface area (Å²) >= 11 is 2.26. The maximum atomic E-state index is 12.1. The minimum atomic E-state index is -0.193. The topological polar surface area (TPSA) is 58.1 Å². The Labute approximate surface area is 149 Å². The van der Waals surface area contributed by atoms with Gasteiger partial charge in [0, 0.05) is 23.2 Å². The van der Waals surface area contributed by atoms with Crippen LogP contribution in [0.15, 0.2) is 36.4 Å². The predicted molar refractivity (Wildman–Crippen MR) is 98.4 cm³/mol. The fourth-order valence-electron chi connectivity index (χ4n) is 2.61. The molecule has 2 heterocycles. The number of hydrogen-bond acceptors (Lipinski definition) is 4. The molecule has 3 rings (SSSR count). The molecule has 6 heteroatoms. The number of nitrogens with one attached hydrogen (secondary N) is 1. The van der Waals surface area contributed by atoms with Crippen molar-refractivity contribution in [3.8, 4) is 0 Å². The molecule has 0 bridgehead atoms. The molecule has 0 saturated carbocycles. The van der Waals surface area contributed by atoms with Crippen molar-refractivity contribution in [2.75, 3.05) is 18.0 Å². The Hall–Kier alpha value is -1.70. The summed E-state index contributed by atoms with van der Waals surface area (Å²) in [6.07, 6.45) is 3.67. The molecule has 120 valence electrons. The molecular weight excluding hydrogens is 403 g/mol. The summed E-state index contributed by atoms with van der Waals surface area (Å²) in [5, 5.41) is 11.2. The lowest BCUT2D eigenvalue weighted by molar-refractivity contribution is 0.0945. The first kappa shape index (κ1) is 16.2. The molecule has 1 aromatic carbocycles. The summed E-state index contributed by atoms with van der Waals surface area (Å²) in [6.45, 7) is 2.53. The summed E-state index contributed by atoms with van der Waals surface area (Å²) in [7, 11) is 0. The number of rotatable bonds is 4. The van der Waals surface area contributed by atoms with Gasteiger partial charge in [0.2, 0.25) is 0 Å². The van der Waals surface area contributed by atoms with Gasteiger partial charge in [-0.3, -0.25) is 4.79 Å². The molecule has 1 fully saturated rings. The molecule has 0 spiro atoms. The number of aromatic nitrogens is 2. The Balaban J connectivity index is 1.57. The van der Waals surface area contributed by atoms with Gasteiger partial charge in [-0.25, -0.2) is 0 Å². The first-order valence-corrected chi connectivity index (χ1v) is 8.91. The van der Waals surface area contributed by atoms with Crippen molar-refractivity contribution in [2.24, 2.45) is 0 Å². The van der Waals surface area contributed by atoms with Crippen LogP contribution in [0.25, 0.3) is 0 Å². The van der Waals surface area contributed by atoms with E-state index < -0.39 is 0 Å². The minimum Gasteiger partial charge on any atom is -0.355 e. The van der Waals surface area contributed by atoms with E-state index in [1.165, 1.54) is 22.8 Å². The van der Waals surface area contributed by atoms with Crippen LogP contribution in [0.1, 0.15) is 35.3 Å². The van der Waals surface area contributed by atoms with Crippen LogP contribution < -0.4 is 10.2 Å². The lowest BCUT2D eigenvalue weighted by atomic mass is 10.1. The third-order valence-corrected chi connectivity index (χ3v) is 4.65. The van der Waals surface area contributed by atoms with Gasteiger partial charge in [-0.2, -0.15) is 0 Å². The second-order valence-corrected chi connectivity index (χ2v) is 6.88. The number of nitrogens with zero attached hydrogens (tertiary/aromatic N) is 3. The number of piperidine rings is 1. The van der Waals surface area contributed by atoms with Gasteiger partial charge in [-0.05, 0) is 71.7 Å². The average molecular weight is 422 g/mol. The van der Waals surface area contributed by atoms with E-state index >= 15 is 0 Å². The molecule has 0 atom stereocenters. The van der Waals surface area contributed by atoms with Gasteiger partial charge < -0.3 is 10.2 Å². The highest BCUT2D eigenvalue weighted by Gasteiger charge is 2.14. The van der Waals surface area contributed by atoms with Crippen LogP contribution in [-0.2, 0) is 6.54 Å². The molecule has 2 aromatic rings. The summed E-state index contributed by atoms with van der Waals surface area (Å²) in [5.74, 6) is 0.667. The van der Waals surface area contributed by atoms with Crippen molar-refractivity contribution in [1.29, 1.82) is 0 Å². The van der Waals surface area contributed by atoms with Gasteiger partial charge in [0.05, 0.1) is 0 Å². The zero-order chi connectivity index (χ0) is 16.1. The van der Waals surface area contributed by atoms with E-state index in [1.54, 1.807) is 6.07 Å². The van der Waals surface area contributed by atoms with Crippen molar-refractivity contribution in [2.45, 2.75) is 25.8 Å². The molecule has 23 heavy (non-hydrogen) atoms. The van der Waals surface area contributed by atoms with Crippen molar-refractivity contribution < 1.29 is 4.79 Å². The fraction of sp³-hybridized carbons (Fsp3) is 0.353. The van der Waals surface area contributed by atoms with Gasteiger partial charge in [0.25, 0.3) is 5.91 Å². The normalized spacial score (nSPS) is 14.6. The maximum absolute atomic E-state index is 12.1. The van der Waals surface area contributed by atoms with Crippen LogP contribution in [0.4, 0.5) is 5.82 Å². The van der Waals surface area contributed by atoms with E-state index in [4.69, 9.17) is 0 Å².